The lowest BCUT2D eigenvalue weighted by Crippen LogP contribution is -2.48. The number of pyridine rings is 1. The van der Waals surface area contributed by atoms with Gasteiger partial charge in [-0.2, -0.15) is 22.0 Å². The predicted octanol–water partition coefficient (Wildman–Crippen LogP) is 7.20. The Labute approximate surface area is 277 Å². The van der Waals surface area contributed by atoms with Crippen molar-refractivity contribution in [2.75, 3.05) is 31.5 Å². The molecule has 0 radical (unpaired) electrons. The molecule has 0 bridgehead atoms. The molecule has 0 unspecified atom stereocenters. The number of hydrogen-bond acceptors (Lipinski definition) is 6. The normalized spacial score (nSPS) is 13.9. The molecule has 2 aromatic heterocycles. The Kier molecular flexibility index (Phi) is 9.49. The summed E-state index contributed by atoms with van der Waals surface area (Å²) in [5.74, 6) is 0.153. The van der Waals surface area contributed by atoms with Crippen LogP contribution in [0.25, 0.3) is 10.9 Å². The van der Waals surface area contributed by atoms with E-state index in [-0.39, 0.29) is 23.1 Å². The van der Waals surface area contributed by atoms with Crippen LogP contribution in [-0.2, 0) is 19.8 Å². The van der Waals surface area contributed by atoms with E-state index >= 15 is 0 Å². The molecule has 0 atom stereocenters. The Morgan fingerprint density at radius 1 is 0.878 bits per heavy atom. The van der Waals surface area contributed by atoms with Gasteiger partial charge in [-0.1, -0.05) is 12.1 Å². The number of alkyl halides is 5. The number of nitrogens with zero attached hydrogens (tertiary/aromatic N) is 4. The Morgan fingerprint density at radius 2 is 1.57 bits per heavy atom. The molecule has 14 heteroatoms. The number of aromatic nitrogens is 2. The fourth-order valence-electron chi connectivity index (χ4n) is 5.53. The molecule has 3 heterocycles. The van der Waals surface area contributed by atoms with Crippen molar-refractivity contribution in [1.29, 1.82) is 0 Å². The molecule has 5 aromatic rings. The van der Waals surface area contributed by atoms with Crippen LogP contribution in [0, 0.1) is 0 Å². The minimum Gasteiger partial charge on any atom is -0.439 e. The average Bonchev–Trinajstić information content (AvgIpc) is 3.41. The number of aryl methyl sites for hydroxylation is 1. The van der Waals surface area contributed by atoms with Crippen LogP contribution < -0.4 is 14.8 Å². The zero-order valence-electron chi connectivity index (χ0n) is 26.1. The maximum atomic E-state index is 13.5. The number of halogens is 5. The Bertz CT molecular complexity index is 1940. The largest absolute Gasteiger partial charge is 0.439 e. The summed E-state index contributed by atoms with van der Waals surface area (Å²) >= 11 is 0. The maximum Gasteiger partial charge on any atom is 0.416 e. The summed E-state index contributed by atoms with van der Waals surface area (Å²) in [6.45, 7) is 0.153. The van der Waals surface area contributed by atoms with E-state index in [2.05, 4.69) is 19.9 Å². The number of piperazine rings is 1. The molecular formula is C35H30F5N5O4. The molecule has 1 aliphatic heterocycles. The van der Waals surface area contributed by atoms with Crippen LogP contribution in [0.3, 0.4) is 0 Å². The first kappa shape index (κ1) is 33.4. The molecule has 0 aliphatic carbocycles. The van der Waals surface area contributed by atoms with E-state index < -0.39 is 24.3 Å². The number of amides is 2. The third kappa shape index (κ3) is 7.97. The van der Waals surface area contributed by atoms with Gasteiger partial charge >= 0.3 is 12.8 Å². The van der Waals surface area contributed by atoms with E-state index in [9.17, 15) is 31.5 Å². The second kappa shape index (κ2) is 13.9. The quantitative estimate of drug-likeness (QED) is 0.166. The molecule has 2 amide bonds. The molecule has 1 N–H and O–H groups in total. The summed E-state index contributed by atoms with van der Waals surface area (Å²) in [6, 6.07) is 20.8. The first-order chi connectivity index (χ1) is 23.4. The van der Waals surface area contributed by atoms with E-state index in [1.54, 1.807) is 36.4 Å². The first-order valence-corrected chi connectivity index (χ1v) is 15.2. The minimum absolute atomic E-state index is 0.0648. The van der Waals surface area contributed by atoms with Gasteiger partial charge < -0.3 is 24.3 Å². The van der Waals surface area contributed by atoms with Crippen molar-refractivity contribution in [3.05, 3.63) is 114 Å². The summed E-state index contributed by atoms with van der Waals surface area (Å²) < 4.78 is 75.3. The predicted molar refractivity (Wildman–Crippen MR) is 171 cm³/mol. The van der Waals surface area contributed by atoms with E-state index in [0.717, 1.165) is 40.7 Å². The van der Waals surface area contributed by atoms with Crippen molar-refractivity contribution < 1.29 is 41.0 Å². The van der Waals surface area contributed by atoms with Crippen molar-refractivity contribution in [2.24, 2.45) is 7.05 Å². The molecule has 254 valence electrons. The third-order valence-corrected chi connectivity index (χ3v) is 8.14. The molecule has 6 rings (SSSR count). The molecule has 1 aliphatic rings. The zero-order valence-corrected chi connectivity index (χ0v) is 26.1. The molecule has 0 spiro atoms. The van der Waals surface area contributed by atoms with E-state index in [4.69, 9.17) is 4.74 Å². The van der Waals surface area contributed by atoms with Crippen molar-refractivity contribution in [3.8, 4) is 17.4 Å². The van der Waals surface area contributed by atoms with Crippen molar-refractivity contribution in [3.63, 3.8) is 0 Å². The summed E-state index contributed by atoms with van der Waals surface area (Å²) in [4.78, 5) is 34.2. The Balaban J connectivity index is 1.04. The summed E-state index contributed by atoms with van der Waals surface area (Å²) in [5, 5.41) is 3.45. The number of anilines is 1. The van der Waals surface area contributed by atoms with Gasteiger partial charge in [0, 0.05) is 62.9 Å². The minimum atomic E-state index is -4.49. The number of ether oxygens (including phenoxy) is 2. The first-order valence-electron chi connectivity index (χ1n) is 15.2. The van der Waals surface area contributed by atoms with Gasteiger partial charge in [0.2, 0.25) is 5.88 Å². The number of fused-ring (bicyclic) bond motifs is 1. The van der Waals surface area contributed by atoms with Gasteiger partial charge in [-0.25, -0.2) is 4.98 Å². The summed E-state index contributed by atoms with van der Waals surface area (Å²) in [5.41, 5.74) is 1.82. The number of benzene rings is 3. The molecule has 1 saturated heterocycles. The van der Waals surface area contributed by atoms with Crippen LogP contribution in [0.5, 0.6) is 17.4 Å². The smallest absolute Gasteiger partial charge is 0.416 e. The number of carbonyl (C=O) groups is 2. The van der Waals surface area contributed by atoms with Gasteiger partial charge in [-0.3, -0.25) is 14.5 Å². The van der Waals surface area contributed by atoms with Crippen molar-refractivity contribution in [2.45, 2.75) is 19.3 Å². The highest BCUT2D eigenvalue weighted by Crippen LogP contribution is 2.30. The lowest BCUT2D eigenvalue weighted by molar-refractivity contribution is -0.137. The van der Waals surface area contributed by atoms with Crippen LogP contribution in [0.2, 0.25) is 0 Å². The lowest BCUT2D eigenvalue weighted by atomic mass is 10.1. The van der Waals surface area contributed by atoms with Gasteiger partial charge in [-0.05, 0) is 66.2 Å². The van der Waals surface area contributed by atoms with Crippen molar-refractivity contribution >= 4 is 28.4 Å². The van der Waals surface area contributed by atoms with Crippen LogP contribution in [-0.4, -0.2) is 64.0 Å². The second-order valence-corrected chi connectivity index (χ2v) is 11.4. The fraction of sp³-hybridized carbons (Fsp3) is 0.229. The van der Waals surface area contributed by atoms with Gasteiger partial charge in [-0.15, -0.1) is 0 Å². The SMILES string of the molecule is Cn1c(C(=O)N2CCN(Cc3ccc(OC(F)F)cc3)CC2)cc2ccc(Oc3ccc(NC(=O)c4ccc(C(F)(F)F)cc4)cn3)cc21. The summed E-state index contributed by atoms with van der Waals surface area (Å²) in [6.07, 6.45) is -3.12. The number of carbonyl (C=O) groups excluding carboxylic acids is 2. The maximum absolute atomic E-state index is 13.5. The average molecular weight is 680 g/mol. The second-order valence-electron chi connectivity index (χ2n) is 11.4. The topological polar surface area (TPSA) is 88.9 Å². The van der Waals surface area contributed by atoms with E-state index in [1.807, 2.05) is 28.6 Å². The molecule has 49 heavy (non-hydrogen) atoms. The Morgan fingerprint density at radius 3 is 2.20 bits per heavy atom. The lowest BCUT2D eigenvalue weighted by Gasteiger charge is -2.34. The molecule has 0 saturated carbocycles. The van der Waals surface area contributed by atoms with Crippen molar-refractivity contribution in [1.82, 2.24) is 19.4 Å². The number of hydrogen-bond donors (Lipinski definition) is 1. The van der Waals surface area contributed by atoms with Crippen LogP contribution in [0.4, 0.5) is 27.6 Å². The standard InChI is InChI=1S/C35H30F5N5O4/c1-43-29-19-28(48-31-13-9-26(20-41-31)42-32(46)23-4-7-25(8-5-23)35(38,39)40)12-6-24(29)18-30(43)33(47)45-16-14-44(15-17-45)21-22-2-10-27(11-3-22)49-34(36)37/h2-13,18-20,34H,14-17,21H2,1H3,(H,42,46). The highest BCUT2D eigenvalue weighted by atomic mass is 19.4. The van der Waals surface area contributed by atoms with Crippen LogP contribution in [0.15, 0.2) is 91.1 Å². The van der Waals surface area contributed by atoms with Gasteiger partial charge in [0.15, 0.2) is 0 Å². The number of rotatable bonds is 9. The van der Waals surface area contributed by atoms with Gasteiger partial charge in [0.25, 0.3) is 11.8 Å². The van der Waals surface area contributed by atoms with E-state index in [0.29, 0.717) is 49.9 Å². The monoisotopic (exact) mass is 679 g/mol. The third-order valence-electron chi connectivity index (χ3n) is 8.14. The van der Waals surface area contributed by atoms with Gasteiger partial charge in [0.05, 0.1) is 23.0 Å². The van der Waals surface area contributed by atoms with Crippen LogP contribution in [0.1, 0.15) is 32.0 Å². The molecule has 9 nitrogen and oxygen atoms in total. The molecule has 3 aromatic carbocycles. The van der Waals surface area contributed by atoms with E-state index in [1.165, 1.54) is 18.3 Å². The Hall–Kier alpha value is -5.50. The molecule has 1 fully saturated rings. The number of nitrogens with one attached hydrogen (secondary N) is 1. The van der Waals surface area contributed by atoms with Gasteiger partial charge in [0.1, 0.15) is 17.2 Å². The summed E-state index contributed by atoms with van der Waals surface area (Å²) in [7, 11) is 1.81. The van der Waals surface area contributed by atoms with Crippen LogP contribution >= 0.6 is 0 Å². The highest BCUT2D eigenvalue weighted by molar-refractivity contribution is 6.04. The zero-order chi connectivity index (χ0) is 34.7. The molecular weight excluding hydrogens is 649 g/mol. The highest BCUT2D eigenvalue weighted by Gasteiger charge is 2.30. The fourth-order valence-corrected chi connectivity index (χ4v) is 5.53.